The van der Waals surface area contributed by atoms with Crippen LogP contribution in [0.3, 0.4) is 0 Å². The molecule has 0 bridgehead atoms. The number of hydrogen-bond acceptors (Lipinski definition) is 3. The Balaban J connectivity index is 1.95. The van der Waals surface area contributed by atoms with Crippen molar-refractivity contribution < 1.29 is 14.0 Å². The number of benzene rings is 2. The van der Waals surface area contributed by atoms with Gasteiger partial charge in [0, 0.05) is 22.8 Å². The van der Waals surface area contributed by atoms with Gasteiger partial charge in [-0.2, -0.15) is 0 Å². The summed E-state index contributed by atoms with van der Waals surface area (Å²) in [5, 5.41) is 2.20. The summed E-state index contributed by atoms with van der Waals surface area (Å²) in [5.41, 5.74) is 2.14. The Bertz CT molecular complexity index is 1010. The van der Waals surface area contributed by atoms with Crippen molar-refractivity contribution in [3.8, 4) is 5.69 Å². The highest BCUT2D eigenvalue weighted by Crippen LogP contribution is 2.32. The highest BCUT2D eigenvalue weighted by atomic mass is 32.2. The van der Waals surface area contributed by atoms with Crippen molar-refractivity contribution in [2.75, 3.05) is 0 Å². The number of imide groups is 1. The smallest absolute Gasteiger partial charge is 0.290 e. The van der Waals surface area contributed by atoms with E-state index in [1.54, 1.807) is 18.3 Å². The second-order valence-electron chi connectivity index (χ2n) is 5.28. The average Bonchev–Trinajstić information content (AvgIpc) is 3.10. The van der Waals surface area contributed by atoms with Crippen LogP contribution in [0.1, 0.15) is 5.56 Å². The van der Waals surface area contributed by atoms with Crippen LogP contribution >= 0.6 is 11.8 Å². The van der Waals surface area contributed by atoms with Crippen molar-refractivity contribution in [2.24, 2.45) is 0 Å². The first-order chi connectivity index (χ1) is 11.6. The van der Waals surface area contributed by atoms with Crippen molar-refractivity contribution in [2.45, 2.75) is 0 Å². The molecule has 4 nitrogen and oxygen atoms in total. The summed E-state index contributed by atoms with van der Waals surface area (Å²) in [4.78, 5) is 23.3. The van der Waals surface area contributed by atoms with Crippen LogP contribution in [-0.4, -0.2) is 15.7 Å². The van der Waals surface area contributed by atoms with Gasteiger partial charge in [-0.25, -0.2) is 4.39 Å². The van der Waals surface area contributed by atoms with Crippen LogP contribution in [0.25, 0.3) is 22.7 Å². The number of carbonyl (C=O) groups excluding carboxylic acids is 2. The molecule has 0 saturated carbocycles. The number of nitrogens with one attached hydrogen (secondary N) is 1. The Morgan fingerprint density at radius 3 is 2.54 bits per heavy atom. The van der Waals surface area contributed by atoms with Crippen LogP contribution in [0.2, 0.25) is 0 Å². The molecular formula is C18H11FN2O2S. The molecule has 1 aromatic heterocycles. The highest BCUT2D eigenvalue weighted by Gasteiger charge is 2.26. The molecule has 118 valence electrons. The maximum Gasteiger partial charge on any atom is 0.290 e. The van der Waals surface area contributed by atoms with Gasteiger partial charge in [0.25, 0.3) is 11.1 Å². The van der Waals surface area contributed by atoms with Gasteiger partial charge in [0.05, 0.1) is 10.4 Å². The average molecular weight is 338 g/mol. The molecule has 2 aromatic carbocycles. The van der Waals surface area contributed by atoms with E-state index in [1.165, 1.54) is 6.07 Å². The Kier molecular flexibility index (Phi) is 3.46. The van der Waals surface area contributed by atoms with Gasteiger partial charge in [0.15, 0.2) is 0 Å². The molecule has 1 fully saturated rings. The molecule has 2 amide bonds. The fourth-order valence-corrected chi connectivity index (χ4v) is 3.42. The largest absolute Gasteiger partial charge is 0.316 e. The molecule has 0 spiro atoms. The lowest BCUT2D eigenvalue weighted by Crippen LogP contribution is -2.17. The lowest BCUT2D eigenvalue weighted by Gasteiger charge is -2.04. The molecule has 3 aromatic rings. The molecule has 1 saturated heterocycles. The van der Waals surface area contributed by atoms with Gasteiger partial charge < -0.3 is 4.57 Å². The summed E-state index contributed by atoms with van der Waals surface area (Å²) in [5.74, 6) is -0.828. The van der Waals surface area contributed by atoms with E-state index in [2.05, 4.69) is 5.32 Å². The third-order valence-corrected chi connectivity index (χ3v) is 4.58. The number of thioether (sulfide) groups is 1. The van der Waals surface area contributed by atoms with Crippen LogP contribution in [0, 0.1) is 5.82 Å². The van der Waals surface area contributed by atoms with Crippen molar-refractivity contribution in [3.63, 3.8) is 0 Å². The van der Waals surface area contributed by atoms with Crippen LogP contribution in [0.4, 0.5) is 9.18 Å². The van der Waals surface area contributed by atoms with E-state index < -0.39 is 11.1 Å². The molecule has 4 rings (SSSR count). The van der Waals surface area contributed by atoms with Gasteiger partial charge in [0.1, 0.15) is 5.82 Å². The number of hydrogen-bond donors (Lipinski definition) is 1. The number of para-hydroxylation sites is 1. The quantitative estimate of drug-likeness (QED) is 0.716. The summed E-state index contributed by atoms with van der Waals surface area (Å²) >= 11 is 0.818. The lowest BCUT2D eigenvalue weighted by atomic mass is 10.1. The van der Waals surface area contributed by atoms with Crippen molar-refractivity contribution in [3.05, 3.63) is 71.0 Å². The van der Waals surface area contributed by atoms with E-state index in [4.69, 9.17) is 0 Å². The van der Waals surface area contributed by atoms with E-state index >= 15 is 0 Å². The van der Waals surface area contributed by atoms with E-state index in [-0.39, 0.29) is 10.7 Å². The number of rotatable bonds is 2. The molecule has 6 heteroatoms. The summed E-state index contributed by atoms with van der Waals surface area (Å²) in [6.07, 6.45) is 3.32. The normalized spacial score (nSPS) is 16.1. The molecule has 0 radical (unpaired) electrons. The molecule has 1 aliphatic rings. The molecule has 1 N–H and O–H groups in total. The predicted molar refractivity (Wildman–Crippen MR) is 92.3 cm³/mol. The number of amides is 2. The van der Waals surface area contributed by atoms with Gasteiger partial charge in [-0.15, -0.1) is 0 Å². The lowest BCUT2D eigenvalue weighted by molar-refractivity contribution is -0.115. The van der Waals surface area contributed by atoms with E-state index in [9.17, 15) is 14.0 Å². The molecule has 0 aliphatic carbocycles. The van der Waals surface area contributed by atoms with Crippen molar-refractivity contribution >= 4 is 39.9 Å². The summed E-state index contributed by atoms with van der Waals surface area (Å²) in [6, 6.07) is 14.4. The van der Waals surface area contributed by atoms with Crippen LogP contribution in [0.15, 0.2) is 59.6 Å². The second kappa shape index (κ2) is 5.65. The van der Waals surface area contributed by atoms with E-state index in [0.717, 1.165) is 17.4 Å². The van der Waals surface area contributed by atoms with E-state index in [0.29, 0.717) is 16.5 Å². The summed E-state index contributed by atoms with van der Waals surface area (Å²) in [7, 11) is 0. The summed E-state index contributed by atoms with van der Waals surface area (Å²) in [6.45, 7) is 0. The SMILES string of the molecule is O=C1NC(=O)/C(=C/c2cn(-c3ccccc3)c3cccc(F)c23)S1. The molecular weight excluding hydrogens is 327 g/mol. The van der Waals surface area contributed by atoms with Crippen LogP contribution < -0.4 is 5.32 Å². The highest BCUT2D eigenvalue weighted by molar-refractivity contribution is 8.18. The molecule has 0 atom stereocenters. The molecule has 0 unspecified atom stereocenters. The monoisotopic (exact) mass is 338 g/mol. The number of aromatic nitrogens is 1. The number of carbonyl (C=O) groups is 2. The predicted octanol–water partition coefficient (Wildman–Crippen LogP) is 4.09. The maximum atomic E-state index is 14.4. The Morgan fingerprint density at radius 2 is 1.83 bits per heavy atom. The Labute approximate surface area is 141 Å². The standard InChI is InChI=1S/C18H11FN2O2S/c19-13-7-4-8-14-16(13)11(9-15-17(22)20-18(23)24-15)10-21(14)12-5-2-1-3-6-12/h1-10H,(H,20,22,23)/b15-9-. The first kappa shape index (κ1) is 14.7. The van der Waals surface area contributed by atoms with Crippen LogP contribution in [-0.2, 0) is 4.79 Å². The molecule has 1 aliphatic heterocycles. The third-order valence-electron chi connectivity index (χ3n) is 3.77. The van der Waals surface area contributed by atoms with Gasteiger partial charge >= 0.3 is 0 Å². The zero-order valence-electron chi connectivity index (χ0n) is 12.3. The third kappa shape index (κ3) is 2.41. The molecule has 2 heterocycles. The van der Waals surface area contributed by atoms with E-state index in [1.807, 2.05) is 41.0 Å². The minimum absolute atomic E-state index is 0.260. The first-order valence-corrected chi connectivity index (χ1v) is 8.05. The number of halogens is 1. The zero-order chi connectivity index (χ0) is 16.7. The fraction of sp³-hybridized carbons (Fsp3) is 0. The zero-order valence-corrected chi connectivity index (χ0v) is 13.1. The van der Waals surface area contributed by atoms with Gasteiger partial charge in [0.2, 0.25) is 0 Å². The topological polar surface area (TPSA) is 51.1 Å². The number of fused-ring (bicyclic) bond motifs is 1. The summed E-state index contributed by atoms with van der Waals surface area (Å²) < 4.78 is 16.3. The van der Waals surface area contributed by atoms with Crippen LogP contribution in [0.5, 0.6) is 0 Å². The minimum atomic E-state index is -0.457. The Hall–Kier alpha value is -2.86. The first-order valence-electron chi connectivity index (χ1n) is 7.23. The van der Waals surface area contributed by atoms with Gasteiger partial charge in [-0.3, -0.25) is 14.9 Å². The Morgan fingerprint density at radius 1 is 1.04 bits per heavy atom. The fourth-order valence-electron chi connectivity index (χ4n) is 2.75. The van der Waals surface area contributed by atoms with Crippen molar-refractivity contribution in [1.82, 2.24) is 9.88 Å². The second-order valence-corrected chi connectivity index (χ2v) is 6.29. The van der Waals surface area contributed by atoms with Gasteiger partial charge in [-0.05, 0) is 42.1 Å². The number of nitrogens with zero attached hydrogens (tertiary/aromatic N) is 1. The van der Waals surface area contributed by atoms with Crippen molar-refractivity contribution in [1.29, 1.82) is 0 Å². The minimum Gasteiger partial charge on any atom is -0.316 e. The van der Waals surface area contributed by atoms with Gasteiger partial charge in [-0.1, -0.05) is 24.3 Å². The maximum absolute atomic E-state index is 14.4. The molecule has 24 heavy (non-hydrogen) atoms.